The molecule has 0 bridgehead atoms. The minimum absolute atomic E-state index is 0.236. The number of hydrogen-bond acceptors (Lipinski definition) is 2. The third kappa shape index (κ3) is 2.58. The number of rotatable bonds is 2. The van der Waals surface area contributed by atoms with Crippen LogP contribution in [0.2, 0.25) is 0 Å². The number of hydrogen-bond donors (Lipinski definition) is 0. The maximum atomic E-state index is 14.1. The van der Waals surface area contributed by atoms with Crippen molar-refractivity contribution in [3.05, 3.63) is 45.6 Å². The summed E-state index contributed by atoms with van der Waals surface area (Å²) in [6.07, 6.45) is 0.721. The predicted molar refractivity (Wildman–Crippen MR) is 74.0 cm³/mol. The highest BCUT2D eigenvalue weighted by molar-refractivity contribution is 9.10. The molecule has 1 aromatic carbocycles. The Morgan fingerprint density at radius 1 is 1.17 bits per heavy atom. The third-order valence-corrected chi connectivity index (χ3v) is 3.15. The van der Waals surface area contributed by atoms with E-state index >= 15 is 0 Å². The zero-order valence-corrected chi connectivity index (χ0v) is 12.2. The summed E-state index contributed by atoms with van der Waals surface area (Å²) in [5, 5.41) is 0. The van der Waals surface area contributed by atoms with Crippen LogP contribution < -0.4 is 0 Å². The summed E-state index contributed by atoms with van der Waals surface area (Å²) in [5.41, 5.74) is 2.99. The fourth-order valence-corrected chi connectivity index (χ4v) is 2.41. The lowest BCUT2D eigenvalue weighted by Crippen LogP contribution is -1.99. The Labute approximate surface area is 114 Å². The van der Waals surface area contributed by atoms with E-state index in [1.54, 1.807) is 6.07 Å². The molecule has 1 heterocycles. The molecule has 0 fully saturated rings. The van der Waals surface area contributed by atoms with Crippen molar-refractivity contribution in [2.75, 3.05) is 0 Å². The van der Waals surface area contributed by atoms with E-state index in [9.17, 15) is 4.39 Å². The van der Waals surface area contributed by atoms with Crippen LogP contribution in [0.1, 0.15) is 23.9 Å². The third-order valence-electron chi connectivity index (χ3n) is 2.75. The second kappa shape index (κ2) is 5.14. The molecule has 4 heteroatoms. The second-order valence-corrected chi connectivity index (χ2v) is 5.10. The molecule has 2 rings (SSSR count). The first-order chi connectivity index (χ1) is 8.51. The topological polar surface area (TPSA) is 25.8 Å². The van der Waals surface area contributed by atoms with Crippen LogP contribution in [0, 0.1) is 19.7 Å². The maximum absolute atomic E-state index is 14.1. The highest BCUT2D eigenvalue weighted by Crippen LogP contribution is 2.27. The van der Waals surface area contributed by atoms with Gasteiger partial charge in [0.05, 0.1) is 5.69 Å². The van der Waals surface area contributed by atoms with Crippen LogP contribution in [0.15, 0.2) is 22.8 Å². The molecule has 0 spiro atoms. The van der Waals surface area contributed by atoms with Crippen molar-refractivity contribution in [1.82, 2.24) is 9.97 Å². The monoisotopic (exact) mass is 308 g/mol. The lowest BCUT2D eigenvalue weighted by Gasteiger charge is -2.09. The van der Waals surface area contributed by atoms with Crippen LogP contribution in [-0.2, 0) is 6.42 Å². The van der Waals surface area contributed by atoms with Gasteiger partial charge in [-0.2, -0.15) is 0 Å². The first-order valence-electron chi connectivity index (χ1n) is 5.82. The molecule has 2 nitrogen and oxygen atoms in total. The second-order valence-electron chi connectivity index (χ2n) is 4.28. The fraction of sp³-hybridized carbons (Fsp3) is 0.286. The number of nitrogens with zero attached hydrogens (tertiary/aromatic N) is 2. The Morgan fingerprint density at radius 2 is 1.89 bits per heavy atom. The number of halogens is 2. The van der Waals surface area contributed by atoms with Gasteiger partial charge in [-0.15, -0.1) is 0 Å². The van der Waals surface area contributed by atoms with Gasteiger partial charge in [0.2, 0.25) is 0 Å². The molecule has 0 aliphatic carbocycles. The van der Waals surface area contributed by atoms with Gasteiger partial charge < -0.3 is 0 Å². The van der Waals surface area contributed by atoms with Gasteiger partial charge >= 0.3 is 0 Å². The zero-order valence-electron chi connectivity index (χ0n) is 10.6. The van der Waals surface area contributed by atoms with Gasteiger partial charge in [0.1, 0.15) is 16.2 Å². The molecule has 94 valence electrons. The van der Waals surface area contributed by atoms with E-state index in [1.807, 2.05) is 26.8 Å². The molecule has 0 saturated heterocycles. The van der Waals surface area contributed by atoms with Crippen molar-refractivity contribution in [2.45, 2.75) is 27.2 Å². The minimum atomic E-state index is -0.236. The van der Waals surface area contributed by atoms with Crippen LogP contribution >= 0.6 is 15.9 Å². The molecule has 0 unspecified atom stereocenters. The van der Waals surface area contributed by atoms with Crippen LogP contribution in [0.4, 0.5) is 4.39 Å². The van der Waals surface area contributed by atoms with Gasteiger partial charge in [0, 0.05) is 12.0 Å². The highest BCUT2D eigenvalue weighted by Gasteiger charge is 2.12. The van der Waals surface area contributed by atoms with Gasteiger partial charge in [0.25, 0.3) is 0 Å². The summed E-state index contributed by atoms with van der Waals surface area (Å²) in [6.45, 7) is 5.75. The van der Waals surface area contributed by atoms with Gasteiger partial charge in [-0.1, -0.05) is 13.0 Å². The van der Waals surface area contributed by atoms with E-state index in [2.05, 4.69) is 25.9 Å². The van der Waals surface area contributed by atoms with Crippen molar-refractivity contribution < 1.29 is 4.39 Å². The normalized spacial score (nSPS) is 10.7. The number of benzene rings is 1. The van der Waals surface area contributed by atoms with E-state index in [1.165, 1.54) is 6.07 Å². The van der Waals surface area contributed by atoms with Crippen molar-refractivity contribution in [3.8, 4) is 11.3 Å². The molecule has 2 aromatic rings. The summed E-state index contributed by atoms with van der Waals surface area (Å²) < 4.78 is 14.8. The fourth-order valence-electron chi connectivity index (χ4n) is 1.99. The van der Waals surface area contributed by atoms with E-state index < -0.39 is 0 Å². The highest BCUT2D eigenvalue weighted by atomic mass is 79.9. The standard InChI is InChI=1S/C14H14BrFN2/c1-4-13-17-11(7-12(15)18-13)14-9(3)5-8(2)6-10(14)16/h5-7H,4H2,1-3H3. The van der Waals surface area contributed by atoms with Crippen molar-refractivity contribution in [2.24, 2.45) is 0 Å². The Bertz CT molecular complexity index is 573. The zero-order chi connectivity index (χ0) is 13.3. The summed E-state index contributed by atoms with van der Waals surface area (Å²) in [7, 11) is 0. The van der Waals surface area contributed by atoms with Crippen LogP contribution in [0.25, 0.3) is 11.3 Å². The molecule has 0 atom stereocenters. The first-order valence-corrected chi connectivity index (χ1v) is 6.61. The summed E-state index contributed by atoms with van der Waals surface area (Å²) in [4.78, 5) is 8.63. The van der Waals surface area contributed by atoms with Gasteiger partial charge in [-0.25, -0.2) is 14.4 Å². The van der Waals surface area contributed by atoms with Crippen LogP contribution in [0.3, 0.4) is 0 Å². The van der Waals surface area contributed by atoms with E-state index in [0.29, 0.717) is 21.7 Å². The van der Waals surface area contributed by atoms with Gasteiger partial charge in [-0.3, -0.25) is 0 Å². The molecule has 0 aliphatic rings. The van der Waals surface area contributed by atoms with E-state index in [0.717, 1.165) is 17.5 Å². The maximum Gasteiger partial charge on any atom is 0.133 e. The Morgan fingerprint density at radius 3 is 2.50 bits per heavy atom. The molecule has 1 aromatic heterocycles. The van der Waals surface area contributed by atoms with Crippen molar-refractivity contribution in [1.29, 1.82) is 0 Å². The predicted octanol–water partition coefficient (Wildman–Crippen LogP) is 4.22. The first kappa shape index (κ1) is 13.1. The average molecular weight is 309 g/mol. The molecular weight excluding hydrogens is 295 g/mol. The summed E-state index contributed by atoms with van der Waals surface area (Å²) in [6, 6.07) is 5.24. The molecule has 0 amide bonds. The minimum Gasteiger partial charge on any atom is -0.233 e. The van der Waals surface area contributed by atoms with Crippen LogP contribution in [-0.4, -0.2) is 9.97 Å². The molecule has 0 aliphatic heterocycles. The molecule has 0 N–H and O–H groups in total. The summed E-state index contributed by atoms with van der Waals surface area (Å²) in [5.74, 6) is 0.471. The molecule has 0 saturated carbocycles. The smallest absolute Gasteiger partial charge is 0.133 e. The number of aromatic nitrogens is 2. The number of aryl methyl sites for hydroxylation is 3. The van der Waals surface area contributed by atoms with Gasteiger partial charge in [0.15, 0.2) is 0 Å². The lowest BCUT2D eigenvalue weighted by molar-refractivity contribution is 0.628. The quantitative estimate of drug-likeness (QED) is 0.776. The van der Waals surface area contributed by atoms with Crippen molar-refractivity contribution in [3.63, 3.8) is 0 Å². The lowest BCUT2D eigenvalue weighted by atomic mass is 10.0. The molecule has 18 heavy (non-hydrogen) atoms. The SMILES string of the molecule is CCc1nc(Br)cc(-c2c(C)cc(C)cc2F)n1. The largest absolute Gasteiger partial charge is 0.233 e. The Kier molecular flexibility index (Phi) is 3.76. The van der Waals surface area contributed by atoms with E-state index in [4.69, 9.17) is 0 Å². The van der Waals surface area contributed by atoms with Crippen LogP contribution in [0.5, 0.6) is 0 Å². The van der Waals surface area contributed by atoms with Crippen molar-refractivity contribution >= 4 is 15.9 Å². The van der Waals surface area contributed by atoms with Gasteiger partial charge in [-0.05, 0) is 53.0 Å². The molecular formula is C14H14BrFN2. The Balaban J connectivity index is 2.65. The van der Waals surface area contributed by atoms with E-state index in [-0.39, 0.29) is 5.82 Å². The average Bonchev–Trinajstić information content (AvgIpc) is 2.26. The Hall–Kier alpha value is -1.29. The summed E-state index contributed by atoms with van der Waals surface area (Å²) >= 11 is 3.34. The molecule has 0 radical (unpaired) electrons.